The molecule has 0 atom stereocenters. The second-order valence-electron chi connectivity index (χ2n) is 3.90. The number of hydrogen-bond acceptors (Lipinski definition) is 1. The van der Waals surface area contributed by atoms with Crippen LogP contribution in [0.5, 0.6) is 0 Å². The number of aromatic amines is 1. The Bertz CT molecular complexity index is 634. The number of aromatic nitrogens is 1. The number of nitrogens with one attached hydrogen (secondary N) is 1. The van der Waals surface area contributed by atoms with Gasteiger partial charge >= 0.3 is 0 Å². The molecule has 2 aromatic rings. The Morgan fingerprint density at radius 3 is 2.35 bits per heavy atom. The van der Waals surface area contributed by atoms with Crippen LogP contribution in [0.3, 0.4) is 0 Å². The lowest BCUT2D eigenvalue weighted by atomic mass is 10.0. The molecule has 1 aromatic carbocycles. The van der Waals surface area contributed by atoms with Crippen molar-refractivity contribution >= 4 is 5.69 Å². The monoisotopic (exact) mass is 221 g/mol. The molecule has 1 heterocycles. The Labute approximate surface area is 100 Å². The van der Waals surface area contributed by atoms with Crippen molar-refractivity contribution in [1.82, 2.24) is 4.98 Å². The van der Waals surface area contributed by atoms with Crippen molar-refractivity contribution in [3.8, 4) is 17.2 Å². The smallest absolute Gasteiger partial charge is 0.187 e. The summed E-state index contributed by atoms with van der Waals surface area (Å²) in [5.74, 6) is 0. The molecule has 0 aliphatic carbocycles. The minimum Gasteiger partial charge on any atom is -0.350 e. The lowest BCUT2D eigenvalue weighted by Gasteiger charge is -2.02. The van der Waals surface area contributed by atoms with E-state index >= 15 is 0 Å². The fourth-order valence-corrected chi connectivity index (χ4v) is 2.00. The molecule has 3 nitrogen and oxygen atoms in total. The van der Waals surface area contributed by atoms with Crippen molar-refractivity contribution in [3.63, 3.8) is 0 Å². The molecule has 82 valence electrons. The first-order chi connectivity index (χ1) is 8.17. The van der Waals surface area contributed by atoms with Crippen LogP contribution in [-0.4, -0.2) is 4.98 Å². The Balaban J connectivity index is 2.58. The van der Waals surface area contributed by atoms with E-state index in [1.54, 1.807) is 12.1 Å². The highest BCUT2D eigenvalue weighted by atomic mass is 14.7. The lowest BCUT2D eigenvalue weighted by Crippen LogP contribution is -1.81. The molecule has 0 amide bonds. The second-order valence-corrected chi connectivity index (χ2v) is 3.90. The van der Waals surface area contributed by atoms with Gasteiger partial charge in [0.2, 0.25) is 0 Å². The molecule has 1 aromatic heterocycles. The van der Waals surface area contributed by atoms with Gasteiger partial charge in [0.05, 0.1) is 6.57 Å². The van der Waals surface area contributed by atoms with E-state index in [1.807, 2.05) is 26.0 Å². The summed E-state index contributed by atoms with van der Waals surface area (Å²) in [4.78, 5) is 6.43. The van der Waals surface area contributed by atoms with Gasteiger partial charge < -0.3 is 4.98 Å². The van der Waals surface area contributed by atoms with Crippen LogP contribution in [0.1, 0.15) is 17.0 Å². The van der Waals surface area contributed by atoms with E-state index in [1.165, 1.54) is 0 Å². The molecule has 0 spiro atoms. The summed E-state index contributed by atoms with van der Waals surface area (Å²) < 4.78 is 0. The molecule has 0 fully saturated rings. The van der Waals surface area contributed by atoms with Crippen LogP contribution in [0.2, 0.25) is 0 Å². The SMILES string of the molecule is [C-]#[N+]c1ccc(-c2c(C)[nH]c(C#N)c2C)cc1. The van der Waals surface area contributed by atoms with Gasteiger partial charge in [-0.25, -0.2) is 4.85 Å². The molecule has 3 heteroatoms. The quantitative estimate of drug-likeness (QED) is 0.733. The summed E-state index contributed by atoms with van der Waals surface area (Å²) >= 11 is 0. The van der Waals surface area contributed by atoms with Gasteiger partial charge in [-0.05, 0) is 25.0 Å². The van der Waals surface area contributed by atoms with Gasteiger partial charge in [0.25, 0.3) is 0 Å². The molecule has 17 heavy (non-hydrogen) atoms. The first kappa shape index (κ1) is 11.0. The van der Waals surface area contributed by atoms with Crippen LogP contribution in [0.25, 0.3) is 16.0 Å². The molecule has 0 saturated heterocycles. The van der Waals surface area contributed by atoms with E-state index in [0.717, 1.165) is 22.4 Å². The third kappa shape index (κ3) is 1.79. The summed E-state index contributed by atoms with van der Waals surface area (Å²) in [6.45, 7) is 10.8. The van der Waals surface area contributed by atoms with Crippen LogP contribution in [-0.2, 0) is 0 Å². The largest absolute Gasteiger partial charge is 0.350 e. The zero-order valence-corrected chi connectivity index (χ0v) is 9.70. The van der Waals surface area contributed by atoms with Crippen molar-refractivity contribution in [2.24, 2.45) is 0 Å². The number of H-pyrrole nitrogens is 1. The minimum absolute atomic E-state index is 0.603. The fraction of sp³-hybridized carbons (Fsp3) is 0.143. The zero-order chi connectivity index (χ0) is 12.4. The van der Waals surface area contributed by atoms with Crippen LogP contribution in [0.4, 0.5) is 5.69 Å². The van der Waals surface area contributed by atoms with Gasteiger partial charge in [0.15, 0.2) is 5.69 Å². The van der Waals surface area contributed by atoms with Crippen molar-refractivity contribution in [3.05, 3.63) is 52.6 Å². The van der Waals surface area contributed by atoms with E-state index in [4.69, 9.17) is 11.8 Å². The molecule has 0 aliphatic rings. The average Bonchev–Trinajstić information content (AvgIpc) is 2.64. The number of benzene rings is 1. The third-order valence-corrected chi connectivity index (χ3v) is 2.83. The molecule has 0 aliphatic heterocycles. The Kier molecular flexibility index (Phi) is 2.68. The van der Waals surface area contributed by atoms with Gasteiger partial charge in [-0.3, -0.25) is 0 Å². The van der Waals surface area contributed by atoms with Crippen molar-refractivity contribution < 1.29 is 0 Å². The topological polar surface area (TPSA) is 43.9 Å². The summed E-state index contributed by atoms with van der Waals surface area (Å²) in [6, 6.07) is 9.56. The maximum absolute atomic E-state index is 8.96. The van der Waals surface area contributed by atoms with Gasteiger partial charge in [0, 0.05) is 11.3 Å². The Hall–Kier alpha value is -2.52. The van der Waals surface area contributed by atoms with Crippen LogP contribution >= 0.6 is 0 Å². The summed E-state index contributed by atoms with van der Waals surface area (Å²) in [6.07, 6.45) is 0. The van der Waals surface area contributed by atoms with Gasteiger partial charge in [-0.2, -0.15) is 5.26 Å². The molecular weight excluding hydrogens is 210 g/mol. The highest BCUT2D eigenvalue weighted by Gasteiger charge is 2.12. The highest BCUT2D eigenvalue weighted by molar-refractivity contribution is 5.73. The predicted octanol–water partition coefficient (Wildman–Crippen LogP) is 3.72. The van der Waals surface area contributed by atoms with Crippen LogP contribution < -0.4 is 0 Å². The predicted molar refractivity (Wildman–Crippen MR) is 66.7 cm³/mol. The average molecular weight is 221 g/mol. The van der Waals surface area contributed by atoms with Gasteiger partial charge in [-0.15, -0.1) is 0 Å². The first-order valence-corrected chi connectivity index (χ1v) is 5.24. The normalized spacial score (nSPS) is 9.65. The third-order valence-electron chi connectivity index (χ3n) is 2.83. The first-order valence-electron chi connectivity index (χ1n) is 5.24. The molecule has 0 bridgehead atoms. The van der Waals surface area contributed by atoms with E-state index in [0.29, 0.717) is 11.4 Å². The summed E-state index contributed by atoms with van der Waals surface area (Å²) in [5, 5.41) is 8.96. The van der Waals surface area contributed by atoms with Gasteiger partial charge in [0.1, 0.15) is 11.8 Å². The molecule has 0 radical (unpaired) electrons. The molecule has 2 rings (SSSR count). The Morgan fingerprint density at radius 1 is 1.24 bits per heavy atom. The number of rotatable bonds is 1. The van der Waals surface area contributed by atoms with Gasteiger partial charge in [-0.1, -0.05) is 24.3 Å². The maximum atomic E-state index is 8.96. The maximum Gasteiger partial charge on any atom is 0.187 e. The molecule has 0 saturated carbocycles. The highest BCUT2D eigenvalue weighted by Crippen LogP contribution is 2.30. The van der Waals surface area contributed by atoms with E-state index < -0.39 is 0 Å². The number of hydrogen-bond donors (Lipinski definition) is 1. The van der Waals surface area contributed by atoms with E-state index in [9.17, 15) is 0 Å². The Morgan fingerprint density at radius 2 is 1.88 bits per heavy atom. The van der Waals surface area contributed by atoms with Crippen LogP contribution in [0.15, 0.2) is 24.3 Å². The second kappa shape index (κ2) is 4.15. The number of nitriles is 1. The fourth-order valence-electron chi connectivity index (χ4n) is 2.00. The van der Waals surface area contributed by atoms with E-state index in [-0.39, 0.29) is 0 Å². The van der Waals surface area contributed by atoms with Crippen LogP contribution in [0, 0.1) is 31.8 Å². The lowest BCUT2D eigenvalue weighted by molar-refractivity contribution is 1.22. The van der Waals surface area contributed by atoms with E-state index in [2.05, 4.69) is 15.9 Å². The van der Waals surface area contributed by atoms with Crippen molar-refractivity contribution in [2.75, 3.05) is 0 Å². The van der Waals surface area contributed by atoms with Crippen molar-refractivity contribution in [2.45, 2.75) is 13.8 Å². The summed E-state index contributed by atoms with van der Waals surface area (Å²) in [5.41, 5.74) is 5.25. The molecule has 0 unspecified atom stereocenters. The van der Waals surface area contributed by atoms with Crippen molar-refractivity contribution in [1.29, 1.82) is 5.26 Å². The molecular formula is C14H11N3. The standard InChI is InChI=1S/C14H11N3/c1-9-13(8-15)17-10(2)14(9)11-4-6-12(16-3)7-5-11/h4-7,17H,1-2H3. The zero-order valence-electron chi connectivity index (χ0n) is 9.70. The number of nitrogens with zero attached hydrogens (tertiary/aromatic N) is 2. The summed E-state index contributed by atoms with van der Waals surface area (Å²) in [7, 11) is 0. The number of aryl methyl sites for hydroxylation is 1. The molecule has 1 N–H and O–H groups in total. The minimum atomic E-state index is 0.603.